The molecule has 1 atom stereocenters. The molecule has 2 aromatic carbocycles. The van der Waals surface area contributed by atoms with E-state index in [1.807, 2.05) is 13.0 Å². The number of rotatable bonds is 7. The molecule has 2 N–H and O–H groups in total. The summed E-state index contributed by atoms with van der Waals surface area (Å²) in [6, 6.07) is 13.1. The average Bonchev–Trinajstić information content (AvgIpc) is 3.38. The number of amides is 1. The number of benzene rings is 2. The molecular weight excluding hydrogens is 493 g/mol. The van der Waals surface area contributed by atoms with E-state index >= 15 is 0 Å². The van der Waals surface area contributed by atoms with E-state index in [1.54, 1.807) is 11.0 Å². The number of ether oxygens (including phenoxy) is 1. The molecule has 1 unspecified atom stereocenters. The molecule has 2 aliphatic rings. The highest BCUT2D eigenvalue weighted by Gasteiger charge is 2.35. The topological polar surface area (TPSA) is 74.4 Å². The highest BCUT2D eigenvalue weighted by Crippen LogP contribution is 2.37. The Morgan fingerprint density at radius 3 is 2.54 bits per heavy atom. The molecule has 206 valence electrons. The fraction of sp³-hybridized carbons (Fsp3) is 0.438. The van der Waals surface area contributed by atoms with E-state index in [9.17, 15) is 14.0 Å². The third kappa shape index (κ3) is 6.41. The Hall–Kier alpha value is -3.45. The molecule has 5 rings (SSSR count). The van der Waals surface area contributed by atoms with Crippen LogP contribution in [0.5, 0.6) is 0 Å². The van der Waals surface area contributed by atoms with E-state index in [2.05, 4.69) is 40.8 Å². The van der Waals surface area contributed by atoms with E-state index in [-0.39, 0.29) is 35.7 Å². The lowest BCUT2D eigenvalue weighted by atomic mass is 9.80. The van der Waals surface area contributed by atoms with Gasteiger partial charge in [-0.15, -0.1) is 0 Å². The molecule has 1 saturated carbocycles. The minimum atomic E-state index is -0.368. The lowest BCUT2D eigenvalue weighted by Crippen LogP contribution is -2.52. The zero-order valence-electron chi connectivity index (χ0n) is 22.8. The number of nitrogens with one attached hydrogen (secondary N) is 2. The highest BCUT2D eigenvalue weighted by atomic mass is 19.1. The van der Waals surface area contributed by atoms with Crippen molar-refractivity contribution in [2.75, 3.05) is 20.2 Å². The number of carbonyl (C=O) groups excluding carboxylic acids is 2. The van der Waals surface area contributed by atoms with Crippen molar-refractivity contribution in [1.29, 1.82) is 0 Å². The summed E-state index contributed by atoms with van der Waals surface area (Å²) in [7, 11) is 1.45. The van der Waals surface area contributed by atoms with Crippen LogP contribution in [0.4, 0.5) is 4.39 Å². The Morgan fingerprint density at radius 2 is 1.82 bits per heavy atom. The number of hydrogen-bond donors (Lipinski definition) is 2. The highest BCUT2D eigenvalue weighted by molar-refractivity contribution is 5.92. The van der Waals surface area contributed by atoms with Gasteiger partial charge in [0.1, 0.15) is 11.9 Å². The molecule has 0 radical (unpaired) electrons. The van der Waals surface area contributed by atoms with Crippen LogP contribution in [0.25, 0.3) is 17.0 Å². The molecule has 1 aliphatic carbocycles. The molecule has 1 saturated heterocycles. The van der Waals surface area contributed by atoms with Gasteiger partial charge in [-0.25, -0.2) is 4.39 Å². The van der Waals surface area contributed by atoms with Gasteiger partial charge in [-0.3, -0.25) is 9.59 Å². The number of carbonyl (C=O) groups is 2. The lowest BCUT2D eigenvalue weighted by molar-refractivity contribution is -0.145. The lowest BCUT2D eigenvalue weighted by Gasteiger charge is -2.38. The Kier molecular flexibility index (Phi) is 8.46. The molecule has 0 spiro atoms. The number of H-pyrrole nitrogens is 1. The van der Waals surface area contributed by atoms with Gasteiger partial charge in [0.25, 0.3) is 0 Å². The minimum absolute atomic E-state index is 0.0893. The second-order valence-corrected chi connectivity index (χ2v) is 11.1. The summed E-state index contributed by atoms with van der Waals surface area (Å²) in [5.74, 6) is 0.0150. The van der Waals surface area contributed by atoms with Gasteiger partial charge < -0.3 is 19.9 Å². The number of esters is 1. The molecule has 2 fully saturated rings. The van der Waals surface area contributed by atoms with Crippen molar-refractivity contribution in [3.63, 3.8) is 0 Å². The first-order valence-electron chi connectivity index (χ1n) is 14.1. The van der Waals surface area contributed by atoms with Gasteiger partial charge in [0, 0.05) is 42.3 Å². The van der Waals surface area contributed by atoms with Crippen LogP contribution in [0.2, 0.25) is 0 Å². The second kappa shape index (κ2) is 12.2. The molecule has 1 aliphatic heterocycles. The van der Waals surface area contributed by atoms with E-state index < -0.39 is 0 Å². The first-order chi connectivity index (χ1) is 18.9. The van der Waals surface area contributed by atoms with Gasteiger partial charge in [0.2, 0.25) is 5.91 Å². The quantitative estimate of drug-likeness (QED) is 0.302. The number of likely N-dealkylation sites (tertiary alicyclic amines) is 1. The third-order valence-electron chi connectivity index (χ3n) is 8.46. The van der Waals surface area contributed by atoms with Crippen LogP contribution in [0.15, 0.2) is 54.7 Å². The van der Waals surface area contributed by atoms with E-state index in [0.29, 0.717) is 24.6 Å². The molecule has 1 amide bonds. The van der Waals surface area contributed by atoms with Crippen molar-refractivity contribution >= 4 is 28.9 Å². The summed E-state index contributed by atoms with van der Waals surface area (Å²) < 4.78 is 18.8. The smallest absolute Gasteiger partial charge is 0.323 e. The number of aromatic nitrogens is 1. The predicted octanol–water partition coefficient (Wildman–Crippen LogP) is 5.72. The SMILES string of the molecule is COC(=O)C(NC1CCC(c2c[nH]c3ccccc23)CC1)C1CCN(C(=O)/C=C/c2cc(C)cc(F)c2)CC1. The van der Waals surface area contributed by atoms with Crippen molar-refractivity contribution in [3.8, 4) is 0 Å². The zero-order chi connectivity index (χ0) is 27.4. The molecule has 3 aromatic rings. The van der Waals surface area contributed by atoms with Gasteiger partial charge in [-0.1, -0.05) is 24.3 Å². The molecule has 6 nitrogen and oxygen atoms in total. The first kappa shape index (κ1) is 27.1. The van der Waals surface area contributed by atoms with Gasteiger partial charge in [-0.2, -0.15) is 0 Å². The zero-order valence-corrected chi connectivity index (χ0v) is 22.8. The van der Waals surface area contributed by atoms with Crippen LogP contribution in [-0.2, 0) is 14.3 Å². The first-order valence-corrected chi connectivity index (χ1v) is 14.1. The predicted molar refractivity (Wildman–Crippen MR) is 152 cm³/mol. The Labute approximate surface area is 229 Å². The molecule has 0 bridgehead atoms. The van der Waals surface area contributed by atoms with Crippen molar-refractivity contribution in [3.05, 3.63) is 77.2 Å². The Balaban J connectivity index is 1.14. The maximum atomic E-state index is 13.7. The number of aromatic amines is 1. The summed E-state index contributed by atoms with van der Waals surface area (Å²) in [6.07, 6.45) is 11.0. The summed E-state index contributed by atoms with van der Waals surface area (Å²) in [6.45, 7) is 2.99. The van der Waals surface area contributed by atoms with Crippen molar-refractivity contribution < 1.29 is 18.7 Å². The average molecular weight is 532 g/mol. The summed E-state index contributed by atoms with van der Waals surface area (Å²) >= 11 is 0. The van der Waals surface area contributed by atoms with Gasteiger partial charge in [0.05, 0.1) is 7.11 Å². The monoisotopic (exact) mass is 531 g/mol. The third-order valence-corrected chi connectivity index (χ3v) is 8.46. The number of aryl methyl sites for hydroxylation is 1. The molecule has 1 aromatic heterocycles. The largest absolute Gasteiger partial charge is 0.468 e. The van der Waals surface area contributed by atoms with Crippen LogP contribution in [0, 0.1) is 18.7 Å². The van der Waals surface area contributed by atoms with Gasteiger partial charge in [-0.05, 0) is 98.2 Å². The number of hydrogen-bond acceptors (Lipinski definition) is 4. The van der Waals surface area contributed by atoms with E-state index in [1.165, 1.54) is 41.8 Å². The molecular formula is C32H38FN3O3. The maximum absolute atomic E-state index is 13.7. The number of fused-ring (bicyclic) bond motifs is 1. The van der Waals surface area contributed by atoms with Crippen LogP contribution < -0.4 is 5.32 Å². The van der Waals surface area contributed by atoms with Crippen LogP contribution in [-0.4, -0.2) is 54.0 Å². The number of halogens is 1. The van der Waals surface area contributed by atoms with Gasteiger partial charge in [0.15, 0.2) is 0 Å². The van der Waals surface area contributed by atoms with Crippen LogP contribution in [0.1, 0.15) is 61.1 Å². The van der Waals surface area contributed by atoms with Gasteiger partial charge >= 0.3 is 5.97 Å². The fourth-order valence-corrected chi connectivity index (χ4v) is 6.37. The summed E-state index contributed by atoms with van der Waals surface area (Å²) in [4.78, 5) is 30.8. The minimum Gasteiger partial charge on any atom is -0.468 e. The number of nitrogens with zero attached hydrogens (tertiary/aromatic N) is 1. The van der Waals surface area contributed by atoms with Crippen molar-refractivity contribution in [1.82, 2.24) is 15.2 Å². The van der Waals surface area contributed by atoms with Crippen LogP contribution in [0.3, 0.4) is 0 Å². The Morgan fingerprint density at radius 1 is 1.08 bits per heavy atom. The number of para-hydroxylation sites is 1. The molecule has 7 heteroatoms. The normalized spacial score (nSPS) is 21.4. The molecule has 2 heterocycles. The van der Waals surface area contributed by atoms with Crippen molar-refractivity contribution in [2.24, 2.45) is 5.92 Å². The second-order valence-electron chi connectivity index (χ2n) is 11.1. The van der Waals surface area contributed by atoms with E-state index in [0.717, 1.165) is 44.1 Å². The van der Waals surface area contributed by atoms with E-state index in [4.69, 9.17) is 4.74 Å². The fourth-order valence-electron chi connectivity index (χ4n) is 6.37. The standard InChI is InChI=1S/C32H38FN3O3/c1-21-17-22(19-25(33)18-21)7-12-30(37)36-15-13-24(14-16-36)31(32(38)39-2)35-26-10-8-23(9-11-26)28-20-34-29-6-4-3-5-27(28)29/h3-7,12,17-20,23-24,26,31,34-35H,8-11,13-16H2,1-2H3/b12-7+. The van der Waals surface area contributed by atoms with Crippen molar-refractivity contribution in [2.45, 2.75) is 63.5 Å². The maximum Gasteiger partial charge on any atom is 0.323 e. The number of methoxy groups -OCH3 is 1. The summed E-state index contributed by atoms with van der Waals surface area (Å²) in [5, 5.41) is 4.95. The Bertz CT molecular complexity index is 1310. The molecule has 39 heavy (non-hydrogen) atoms. The van der Waals surface area contributed by atoms with Crippen LogP contribution >= 0.6 is 0 Å². The number of piperidine rings is 1. The summed E-state index contributed by atoms with van der Waals surface area (Å²) in [5.41, 5.74) is 4.07.